The zero-order valence-corrected chi connectivity index (χ0v) is 30.4. The van der Waals surface area contributed by atoms with Crippen molar-refractivity contribution in [3.8, 4) is 0 Å². The third-order valence-corrected chi connectivity index (χ3v) is 11.4. The number of rotatable bonds is 10. The molecular weight excluding hydrogens is 661 g/mol. The van der Waals surface area contributed by atoms with Gasteiger partial charge in [0.15, 0.2) is 5.78 Å². The maximum atomic E-state index is 13.9. The van der Waals surface area contributed by atoms with Crippen molar-refractivity contribution in [1.29, 1.82) is 0 Å². The molecule has 7 rings (SSSR count). The Bertz CT molecular complexity index is 1990. The molecule has 0 saturated carbocycles. The van der Waals surface area contributed by atoms with Gasteiger partial charge in [-0.2, -0.15) is 0 Å². The lowest BCUT2D eigenvalue weighted by molar-refractivity contribution is -0.163. The minimum atomic E-state index is -1.92. The Morgan fingerprint density at radius 1 is 0.811 bits per heavy atom. The fraction of sp³-hybridized carbons (Fsp3) is 0.277. The average molecular weight is 707 g/mol. The normalized spacial score (nSPS) is 26.7. The average Bonchev–Trinajstić information content (AvgIpc) is 3.33. The first-order valence-corrected chi connectivity index (χ1v) is 18.3. The molecule has 4 aromatic carbocycles. The third-order valence-electron chi connectivity index (χ3n) is 11.4. The molecule has 4 aromatic rings. The number of ketones is 1. The lowest BCUT2D eigenvalue weighted by atomic mass is 9.58. The number of fused-ring (bicyclic) bond motifs is 3. The van der Waals surface area contributed by atoms with E-state index in [1.807, 2.05) is 141 Å². The summed E-state index contributed by atoms with van der Waals surface area (Å²) in [5.74, 6) is -3.31. The maximum absolute atomic E-state index is 13.9. The largest absolute Gasteiger partial charge is 0.430 e. The number of allylic oxidation sites excluding steroid dienone is 1. The Balaban J connectivity index is 1.34. The SMILES string of the molecule is C=C(C)[C@@H]1C(OC(=O)Cc2ccccc2)=C[C@@H](C)[C@@]2(O)[C@H]1C=C(COC(c1ccccc1)(c1ccccc1)c1ccccc1)C[C@]1(O)C(=O)C(C)=C[C@@H]21. The number of benzene rings is 4. The van der Waals surface area contributed by atoms with Crippen molar-refractivity contribution in [2.45, 2.75) is 50.4 Å². The zero-order chi connectivity index (χ0) is 37.4. The Hall–Kier alpha value is -5.14. The summed E-state index contributed by atoms with van der Waals surface area (Å²) < 4.78 is 13.3. The summed E-state index contributed by atoms with van der Waals surface area (Å²) in [7, 11) is 0. The van der Waals surface area contributed by atoms with Crippen molar-refractivity contribution >= 4 is 11.8 Å². The second-order valence-corrected chi connectivity index (χ2v) is 14.9. The summed E-state index contributed by atoms with van der Waals surface area (Å²) in [6, 6.07) is 39.4. The summed E-state index contributed by atoms with van der Waals surface area (Å²) in [6.45, 7) is 9.73. The minimum absolute atomic E-state index is 0.0246. The van der Waals surface area contributed by atoms with Crippen LogP contribution in [0.3, 0.4) is 0 Å². The van der Waals surface area contributed by atoms with Crippen LogP contribution in [0, 0.1) is 23.7 Å². The molecule has 0 saturated heterocycles. The molecule has 0 spiro atoms. The Morgan fingerprint density at radius 3 is 1.83 bits per heavy atom. The van der Waals surface area contributed by atoms with E-state index in [9.17, 15) is 19.8 Å². The van der Waals surface area contributed by atoms with Crippen LogP contribution < -0.4 is 0 Å². The van der Waals surface area contributed by atoms with E-state index in [1.165, 1.54) is 0 Å². The van der Waals surface area contributed by atoms with Crippen molar-refractivity contribution < 1.29 is 29.3 Å². The van der Waals surface area contributed by atoms with Crippen LogP contribution in [0.25, 0.3) is 0 Å². The Kier molecular flexibility index (Phi) is 9.81. The standard InChI is InChI=1S/C47H46O6/c1-31(2)43-39-27-35(30-52-47(36-19-11-6-12-20-36,37-21-13-7-14-22-37)38-23-15-8-16-24-38)29-45(50)41(25-32(3)44(45)49)46(39,51)33(4)26-40(43)53-42(48)28-34-17-9-5-10-18-34/h5-27,33,39,41,43,50-51H,1,28-30H2,2-4H3/t33-,39+,41-,43+,45-,46-/m1/s1. The van der Waals surface area contributed by atoms with E-state index < -0.39 is 52.2 Å². The summed E-state index contributed by atoms with van der Waals surface area (Å²) in [5.41, 5.74) is 0.696. The highest BCUT2D eigenvalue weighted by atomic mass is 16.5. The van der Waals surface area contributed by atoms with Crippen LogP contribution in [0.2, 0.25) is 0 Å². The summed E-state index contributed by atoms with van der Waals surface area (Å²) in [4.78, 5) is 27.3. The first-order chi connectivity index (χ1) is 25.5. The van der Waals surface area contributed by atoms with Crippen molar-refractivity contribution in [3.05, 3.63) is 191 Å². The highest BCUT2D eigenvalue weighted by molar-refractivity contribution is 6.04. The van der Waals surface area contributed by atoms with Crippen molar-refractivity contribution in [1.82, 2.24) is 0 Å². The molecule has 6 atom stereocenters. The van der Waals surface area contributed by atoms with Gasteiger partial charge in [-0.05, 0) is 53.3 Å². The van der Waals surface area contributed by atoms with Gasteiger partial charge in [-0.1, -0.05) is 153 Å². The molecule has 0 unspecified atom stereocenters. The lowest BCUT2D eigenvalue weighted by Crippen LogP contribution is -2.60. The van der Waals surface area contributed by atoms with Crippen LogP contribution in [-0.4, -0.2) is 39.8 Å². The molecule has 2 N–H and O–H groups in total. The second kappa shape index (κ2) is 14.4. The van der Waals surface area contributed by atoms with E-state index in [1.54, 1.807) is 19.1 Å². The fourth-order valence-electron chi connectivity index (χ4n) is 8.91. The molecule has 0 amide bonds. The predicted molar refractivity (Wildman–Crippen MR) is 205 cm³/mol. The number of hydrogen-bond acceptors (Lipinski definition) is 6. The van der Waals surface area contributed by atoms with Gasteiger partial charge in [-0.15, -0.1) is 0 Å². The van der Waals surface area contributed by atoms with Gasteiger partial charge < -0.3 is 19.7 Å². The highest BCUT2D eigenvalue weighted by Crippen LogP contribution is 2.57. The van der Waals surface area contributed by atoms with Crippen LogP contribution in [0.5, 0.6) is 0 Å². The summed E-state index contributed by atoms with van der Waals surface area (Å²) in [5, 5.41) is 25.5. The minimum Gasteiger partial charge on any atom is -0.430 e. The highest BCUT2D eigenvalue weighted by Gasteiger charge is 2.64. The number of carbonyl (C=O) groups excluding carboxylic acids is 2. The molecule has 3 aliphatic carbocycles. The van der Waals surface area contributed by atoms with E-state index in [0.717, 1.165) is 22.3 Å². The zero-order valence-electron chi connectivity index (χ0n) is 30.4. The number of hydrogen-bond donors (Lipinski definition) is 2. The van der Waals surface area contributed by atoms with Crippen LogP contribution >= 0.6 is 0 Å². The van der Waals surface area contributed by atoms with Crippen molar-refractivity contribution in [2.24, 2.45) is 23.7 Å². The second-order valence-electron chi connectivity index (χ2n) is 14.9. The predicted octanol–water partition coefficient (Wildman–Crippen LogP) is 8.06. The number of ether oxygens (including phenoxy) is 2. The molecule has 0 aromatic heterocycles. The van der Waals surface area contributed by atoms with Crippen LogP contribution in [0.1, 0.15) is 49.4 Å². The monoisotopic (exact) mass is 706 g/mol. The first kappa shape index (κ1) is 36.2. The van der Waals surface area contributed by atoms with E-state index >= 15 is 0 Å². The molecule has 0 bridgehead atoms. The van der Waals surface area contributed by atoms with E-state index in [2.05, 4.69) is 6.58 Å². The smallest absolute Gasteiger partial charge is 0.315 e. The molecule has 0 radical (unpaired) electrons. The molecule has 270 valence electrons. The molecule has 0 aliphatic heterocycles. The van der Waals surface area contributed by atoms with Crippen LogP contribution in [-0.2, 0) is 31.1 Å². The van der Waals surface area contributed by atoms with Crippen molar-refractivity contribution in [3.63, 3.8) is 0 Å². The van der Waals surface area contributed by atoms with Gasteiger partial charge in [0.2, 0.25) is 0 Å². The summed E-state index contributed by atoms with van der Waals surface area (Å²) >= 11 is 0. The van der Waals surface area contributed by atoms with Crippen LogP contribution in [0.15, 0.2) is 169 Å². The van der Waals surface area contributed by atoms with E-state index in [0.29, 0.717) is 22.5 Å². The molecule has 0 fully saturated rings. The lowest BCUT2D eigenvalue weighted by Gasteiger charge is -2.51. The molecule has 6 heteroatoms. The van der Waals surface area contributed by atoms with E-state index in [-0.39, 0.29) is 19.4 Å². The Labute approximate surface area is 311 Å². The van der Waals surface area contributed by atoms with E-state index in [4.69, 9.17) is 9.47 Å². The number of carbonyl (C=O) groups is 2. The van der Waals surface area contributed by atoms with Gasteiger partial charge in [-0.3, -0.25) is 9.59 Å². The molecular formula is C47H46O6. The third kappa shape index (κ3) is 6.35. The summed E-state index contributed by atoms with van der Waals surface area (Å²) in [6.07, 6.45) is 5.48. The maximum Gasteiger partial charge on any atom is 0.315 e. The first-order valence-electron chi connectivity index (χ1n) is 18.3. The molecule has 6 nitrogen and oxygen atoms in total. The van der Waals surface area contributed by atoms with Gasteiger partial charge >= 0.3 is 5.97 Å². The van der Waals surface area contributed by atoms with Gasteiger partial charge in [0, 0.05) is 30.1 Å². The van der Waals surface area contributed by atoms with Gasteiger partial charge in [-0.25, -0.2) is 0 Å². The molecule has 3 aliphatic rings. The molecule has 0 heterocycles. The van der Waals surface area contributed by atoms with Crippen molar-refractivity contribution in [2.75, 3.05) is 6.61 Å². The van der Waals surface area contributed by atoms with Gasteiger partial charge in [0.1, 0.15) is 17.0 Å². The van der Waals surface area contributed by atoms with Crippen LogP contribution in [0.4, 0.5) is 0 Å². The number of esters is 1. The number of Topliss-reactive ketones (excluding diaryl/α,β-unsaturated/α-hetero) is 1. The topological polar surface area (TPSA) is 93.1 Å². The Morgan fingerprint density at radius 2 is 1.32 bits per heavy atom. The van der Waals surface area contributed by atoms with Gasteiger partial charge in [0.25, 0.3) is 0 Å². The van der Waals surface area contributed by atoms with Gasteiger partial charge in [0.05, 0.1) is 18.6 Å². The quantitative estimate of drug-likeness (QED) is 0.0985. The molecule has 53 heavy (non-hydrogen) atoms. The fourth-order valence-corrected chi connectivity index (χ4v) is 8.91. The number of aliphatic hydroxyl groups is 2.